The number of hydrogen-bond donors (Lipinski definition) is 3. The van der Waals surface area contributed by atoms with Crippen LogP contribution in [0.3, 0.4) is 0 Å². The topological polar surface area (TPSA) is 141 Å². The van der Waals surface area contributed by atoms with Crippen LogP contribution in [0.15, 0.2) is 60.9 Å². The predicted molar refractivity (Wildman–Crippen MR) is 168 cm³/mol. The molecule has 0 atom stereocenters. The molecule has 13 heteroatoms. The average Bonchev–Trinajstić information content (AvgIpc) is 3.35. The Morgan fingerprint density at radius 3 is 1.98 bits per heavy atom. The van der Waals surface area contributed by atoms with Crippen molar-refractivity contribution < 1.29 is 24.5 Å². The second kappa shape index (κ2) is 15.0. The van der Waals surface area contributed by atoms with Crippen LogP contribution in [0, 0.1) is 11.6 Å². The third kappa shape index (κ3) is 8.20. The molecule has 0 spiro atoms. The number of rotatable bonds is 6. The number of nitrogens with two attached hydrogens (primary N) is 2. The van der Waals surface area contributed by atoms with Gasteiger partial charge in [0.1, 0.15) is 23.3 Å². The lowest BCUT2D eigenvalue weighted by atomic mass is 9.99. The molecular formula is C29H24Cl2F2IN5O3. The third-order valence-corrected chi connectivity index (χ3v) is 6.55. The van der Waals surface area contributed by atoms with Crippen LogP contribution in [0.2, 0.25) is 10.0 Å². The van der Waals surface area contributed by atoms with Crippen molar-refractivity contribution in [3.8, 4) is 0 Å². The van der Waals surface area contributed by atoms with Crippen LogP contribution in [0.4, 0.5) is 26.1 Å². The molecular weight excluding hydrogens is 702 g/mol. The van der Waals surface area contributed by atoms with Gasteiger partial charge in [0.25, 0.3) is 0 Å². The van der Waals surface area contributed by atoms with E-state index in [-0.39, 0.29) is 58.3 Å². The Kier molecular flexibility index (Phi) is 11.2. The summed E-state index contributed by atoms with van der Waals surface area (Å²) in [6.07, 6.45) is 3.19. The van der Waals surface area contributed by atoms with Crippen LogP contribution in [0.5, 0.6) is 0 Å². The van der Waals surface area contributed by atoms with Gasteiger partial charge >= 0.3 is 0 Å². The maximum absolute atomic E-state index is 13.1. The molecule has 5 rings (SSSR count). The van der Waals surface area contributed by atoms with E-state index >= 15 is 0 Å². The largest absolute Gasteiger partial charge is 0.395 e. The average molecular weight is 727 g/mol. The first-order chi connectivity index (χ1) is 20.4. The van der Waals surface area contributed by atoms with Gasteiger partial charge < -0.3 is 16.8 Å². The fourth-order valence-electron chi connectivity index (χ4n) is 3.97. The molecule has 0 saturated heterocycles. The highest BCUT2D eigenvalue weighted by Crippen LogP contribution is 2.26. The highest BCUT2D eigenvalue weighted by atomic mass is 127. The SMILES string of the molecule is Nc1nccc(C(=O)Cc2ccc(F)c(Cl)c2)c1N.O=C1Cc2c(C(=O)Cc3ccc(F)c(Cl)c3)ccnc2N1.[2H]CI. The molecule has 8 nitrogen and oxygen atoms in total. The van der Waals surface area contributed by atoms with Crippen LogP contribution in [-0.2, 0) is 24.1 Å². The van der Waals surface area contributed by atoms with E-state index in [0.29, 0.717) is 38.5 Å². The number of nitrogens with zero attached hydrogens (tertiary/aromatic N) is 2. The van der Waals surface area contributed by atoms with Crippen molar-refractivity contribution in [2.24, 2.45) is 0 Å². The Bertz CT molecular complexity index is 1680. The number of carbonyl (C=O) groups excluding carboxylic acids is 3. The van der Waals surface area contributed by atoms with Gasteiger partial charge in [0.15, 0.2) is 11.6 Å². The molecule has 1 aliphatic heterocycles. The number of fused-ring (bicyclic) bond motifs is 1. The Morgan fingerprint density at radius 2 is 1.43 bits per heavy atom. The van der Waals surface area contributed by atoms with E-state index in [1.165, 1.54) is 54.9 Å². The number of aromatic nitrogens is 2. The first-order valence-corrected chi connectivity index (χ1v) is 14.3. The van der Waals surface area contributed by atoms with Crippen molar-refractivity contribution in [1.29, 1.82) is 0 Å². The zero-order valence-corrected chi connectivity index (χ0v) is 25.4. The number of nitrogen functional groups attached to an aromatic ring is 2. The van der Waals surface area contributed by atoms with Crippen molar-refractivity contribution in [3.63, 3.8) is 0 Å². The van der Waals surface area contributed by atoms with Gasteiger partial charge in [-0.1, -0.05) is 57.9 Å². The zero-order valence-electron chi connectivity index (χ0n) is 22.8. The van der Waals surface area contributed by atoms with Gasteiger partial charge in [0.05, 0.1) is 22.2 Å². The van der Waals surface area contributed by atoms with Crippen LogP contribution in [-0.4, -0.2) is 32.3 Å². The smallest absolute Gasteiger partial charge is 0.230 e. The number of hydrogen-bond acceptors (Lipinski definition) is 7. The summed E-state index contributed by atoms with van der Waals surface area (Å²) in [5, 5.41) is 2.56. The summed E-state index contributed by atoms with van der Waals surface area (Å²) < 4.78 is 32.3. The molecule has 4 aromatic rings. The van der Waals surface area contributed by atoms with E-state index in [1.807, 2.05) is 22.6 Å². The number of amides is 1. The Hall–Kier alpha value is -3.68. The molecule has 2 aromatic heterocycles. The quantitative estimate of drug-likeness (QED) is 0.120. The molecule has 0 unspecified atom stereocenters. The molecule has 3 heterocycles. The van der Waals surface area contributed by atoms with E-state index in [4.69, 9.17) is 36.0 Å². The summed E-state index contributed by atoms with van der Waals surface area (Å²) in [6, 6.07) is 11.4. The van der Waals surface area contributed by atoms with Crippen LogP contribution in [0.25, 0.3) is 0 Å². The molecule has 1 aliphatic rings. The maximum Gasteiger partial charge on any atom is 0.230 e. The zero-order chi connectivity index (χ0) is 31.7. The summed E-state index contributed by atoms with van der Waals surface area (Å²) in [6.45, 7) is 0. The van der Waals surface area contributed by atoms with E-state index in [2.05, 4.69) is 15.3 Å². The number of nitrogens with one attached hydrogen (secondary N) is 1. The number of anilines is 3. The Morgan fingerprint density at radius 1 is 0.929 bits per heavy atom. The molecule has 218 valence electrons. The molecule has 5 N–H and O–H groups in total. The Labute approximate surface area is 265 Å². The summed E-state index contributed by atoms with van der Waals surface area (Å²) in [7, 11) is 0. The Balaban J connectivity index is 0.000000217. The van der Waals surface area contributed by atoms with Gasteiger partial charge in [-0.05, 0) is 52.4 Å². The van der Waals surface area contributed by atoms with Crippen molar-refractivity contribution >= 4 is 80.6 Å². The lowest BCUT2D eigenvalue weighted by Gasteiger charge is -2.07. The molecule has 0 saturated carbocycles. The van der Waals surface area contributed by atoms with Crippen molar-refractivity contribution in [2.75, 3.05) is 21.7 Å². The fourth-order valence-corrected chi connectivity index (χ4v) is 4.38. The van der Waals surface area contributed by atoms with Gasteiger partial charge in [-0.25, -0.2) is 18.7 Å². The first-order valence-electron chi connectivity index (χ1n) is 12.7. The van der Waals surface area contributed by atoms with Gasteiger partial charge in [-0.15, -0.1) is 0 Å². The number of alkyl halides is 1. The lowest BCUT2D eigenvalue weighted by molar-refractivity contribution is -0.115. The van der Waals surface area contributed by atoms with Gasteiger partial charge in [-0.2, -0.15) is 0 Å². The fraction of sp³-hybridized carbons (Fsp3) is 0.138. The number of halogens is 5. The normalized spacial score (nSPS) is 11.6. The lowest BCUT2D eigenvalue weighted by Crippen LogP contribution is -2.10. The van der Waals surface area contributed by atoms with E-state index in [0.717, 1.165) is 0 Å². The van der Waals surface area contributed by atoms with Crippen LogP contribution >= 0.6 is 45.8 Å². The molecule has 0 aliphatic carbocycles. The monoisotopic (exact) mass is 726 g/mol. The summed E-state index contributed by atoms with van der Waals surface area (Å²) >= 11 is 13.3. The number of ketones is 2. The molecule has 0 fully saturated rings. The van der Waals surface area contributed by atoms with Crippen LogP contribution in [0.1, 0.15) is 38.8 Å². The minimum absolute atomic E-state index is 0.0166. The molecule has 0 bridgehead atoms. The number of carbonyl (C=O) groups is 3. The molecule has 2 aromatic carbocycles. The van der Waals surface area contributed by atoms with Crippen LogP contribution < -0.4 is 16.8 Å². The van der Waals surface area contributed by atoms with Gasteiger partial charge in [0.2, 0.25) is 5.91 Å². The summed E-state index contributed by atoms with van der Waals surface area (Å²) in [4.78, 5) is 44.1. The number of Topliss-reactive ketones (excluding diaryl/α,β-unsaturated/α-hetero) is 2. The van der Waals surface area contributed by atoms with Gasteiger partial charge in [-0.3, -0.25) is 14.4 Å². The van der Waals surface area contributed by atoms with E-state index in [1.54, 1.807) is 6.07 Å². The molecule has 1 amide bonds. The number of pyridine rings is 2. The summed E-state index contributed by atoms with van der Waals surface area (Å²) in [5.41, 5.74) is 14.0. The van der Waals surface area contributed by atoms with E-state index < -0.39 is 11.6 Å². The van der Waals surface area contributed by atoms with Crippen molar-refractivity contribution in [2.45, 2.75) is 19.3 Å². The standard InChI is InChI=1S/C15H10ClFN2O2.C13H11ClFN3O.CH3I/c16-11-5-8(1-2-12(11)17)6-13(20)9-3-4-18-15-10(9)7-14(21)19-15;14-9-5-7(1-2-10(9)15)6-11(19)8-3-4-18-13(17)12(8)16;1-2/h1-5H,6-7H2,(H,18,19,21);1-5H,6,16H2,(H2,17,18);1H3/i;;1D. The van der Waals surface area contributed by atoms with Gasteiger partial charge in [0, 0.05) is 43.3 Å². The third-order valence-electron chi connectivity index (χ3n) is 5.97. The highest BCUT2D eigenvalue weighted by Gasteiger charge is 2.25. The first kappa shape index (κ1) is 31.3. The van der Waals surface area contributed by atoms with E-state index in [9.17, 15) is 23.2 Å². The van der Waals surface area contributed by atoms with Crippen molar-refractivity contribution in [1.82, 2.24) is 9.97 Å². The molecule has 0 radical (unpaired) electrons. The second-order valence-corrected chi connectivity index (χ2v) is 9.58. The van der Waals surface area contributed by atoms with Crippen molar-refractivity contribution in [3.05, 3.63) is 110 Å². The molecule has 42 heavy (non-hydrogen) atoms. The maximum atomic E-state index is 13.1. The minimum Gasteiger partial charge on any atom is -0.395 e. The second-order valence-electron chi connectivity index (χ2n) is 8.76. The number of benzene rings is 2. The predicted octanol–water partition coefficient (Wildman–Crippen LogP) is 6.31. The highest BCUT2D eigenvalue weighted by molar-refractivity contribution is 14.1. The minimum atomic E-state index is -0.523. The summed E-state index contributed by atoms with van der Waals surface area (Å²) in [5.74, 6) is -1.06.